The van der Waals surface area contributed by atoms with E-state index in [9.17, 15) is 9.59 Å². The minimum atomic E-state index is -0.683. The molecule has 0 radical (unpaired) electrons. The normalized spacial score (nSPS) is 23.9. The maximum Gasteiger partial charge on any atom is 0.309 e. The van der Waals surface area contributed by atoms with Crippen LogP contribution in [0.4, 0.5) is 0 Å². The molecule has 5 heteroatoms. The van der Waals surface area contributed by atoms with E-state index >= 15 is 0 Å². The molecule has 0 aromatic heterocycles. The van der Waals surface area contributed by atoms with Gasteiger partial charge in [0.15, 0.2) is 0 Å². The summed E-state index contributed by atoms with van der Waals surface area (Å²) in [5.74, 6) is -1.47. The average Bonchev–Trinajstić information content (AvgIpc) is 2.44. The fourth-order valence-electron chi connectivity index (χ4n) is 2.43. The maximum atomic E-state index is 12.0. The van der Waals surface area contributed by atoms with Crippen LogP contribution in [-0.4, -0.2) is 36.4 Å². The SMILES string of the molecule is CCCCOC(=O)C1CCCCC1C(=O)OCC(C)O. The number of ether oxygens (including phenoxy) is 2. The van der Waals surface area contributed by atoms with E-state index in [-0.39, 0.29) is 24.5 Å². The summed E-state index contributed by atoms with van der Waals surface area (Å²) in [6.45, 7) is 3.99. The third-order valence-corrected chi connectivity index (χ3v) is 3.58. The van der Waals surface area contributed by atoms with Gasteiger partial charge in [0, 0.05) is 0 Å². The quantitative estimate of drug-likeness (QED) is 0.573. The fraction of sp³-hybridized carbons (Fsp3) is 0.867. The Hall–Kier alpha value is -1.10. The zero-order chi connectivity index (χ0) is 15.0. The van der Waals surface area contributed by atoms with Gasteiger partial charge in [-0.3, -0.25) is 9.59 Å². The monoisotopic (exact) mass is 286 g/mol. The topological polar surface area (TPSA) is 72.8 Å². The highest BCUT2D eigenvalue weighted by atomic mass is 16.5. The summed E-state index contributed by atoms with van der Waals surface area (Å²) in [6.07, 6.45) is 4.33. The summed E-state index contributed by atoms with van der Waals surface area (Å²) in [5.41, 5.74) is 0. The maximum absolute atomic E-state index is 12.0. The number of aliphatic hydroxyl groups is 1. The van der Waals surface area contributed by atoms with E-state index < -0.39 is 12.0 Å². The van der Waals surface area contributed by atoms with Gasteiger partial charge in [-0.05, 0) is 26.2 Å². The summed E-state index contributed by atoms with van der Waals surface area (Å²) in [7, 11) is 0. The smallest absolute Gasteiger partial charge is 0.309 e. The van der Waals surface area contributed by atoms with Crippen LogP contribution < -0.4 is 0 Å². The van der Waals surface area contributed by atoms with Crippen molar-refractivity contribution in [3.63, 3.8) is 0 Å². The molecule has 0 saturated heterocycles. The second kappa shape index (κ2) is 8.95. The van der Waals surface area contributed by atoms with Crippen molar-refractivity contribution in [2.24, 2.45) is 11.8 Å². The molecule has 0 aromatic rings. The van der Waals surface area contributed by atoms with Crippen molar-refractivity contribution in [1.29, 1.82) is 0 Å². The number of carbonyl (C=O) groups is 2. The molecule has 0 aromatic carbocycles. The molecular weight excluding hydrogens is 260 g/mol. The van der Waals surface area contributed by atoms with Gasteiger partial charge in [0.2, 0.25) is 0 Å². The molecule has 1 saturated carbocycles. The number of aliphatic hydroxyl groups excluding tert-OH is 1. The second-order valence-electron chi connectivity index (χ2n) is 5.50. The standard InChI is InChI=1S/C15H26O5/c1-3-4-9-19-14(17)12-7-5-6-8-13(12)15(18)20-10-11(2)16/h11-13,16H,3-10H2,1-2H3. The lowest BCUT2D eigenvalue weighted by atomic mass is 9.79. The second-order valence-corrected chi connectivity index (χ2v) is 5.50. The number of carbonyl (C=O) groups excluding carboxylic acids is 2. The highest BCUT2D eigenvalue weighted by Gasteiger charge is 2.37. The van der Waals surface area contributed by atoms with Crippen molar-refractivity contribution >= 4 is 11.9 Å². The molecule has 1 aliphatic carbocycles. The summed E-state index contributed by atoms with van der Waals surface area (Å²) in [5, 5.41) is 9.15. The Morgan fingerprint density at radius 1 is 1.15 bits per heavy atom. The van der Waals surface area contributed by atoms with Gasteiger partial charge in [0.1, 0.15) is 6.61 Å². The van der Waals surface area contributed by atoms with Crippen LogP contribution in [0.2, 0.25) is 0 Å². The molecule has 0 aliphatic heterocycles. The van der Waals surface area contributed by atoms with Gasteiger partial charge >= 0.3 is 11.9 Å². The summed E-state index contributed by atoms with van der Waals surface area (Å²) >= 11 is 0. The molecule has 0 heterocycles. The number of hydrogen-bond donors (Lipinski definition) is 1. The van der Waals surface area contributed by atoms with Crippen LogP contribution in [0.3, 0.4) is 0 Å². The van der Waals surface area contributed by atoms with Gasteiger partial charge in [-0.2, -0.15) is 0 Å². The van der Waals surface area contributed by atoms with Crippen molar-refractivity contribution in [2.75, 3.05) is 13.2 Å². The Balaban J connectivity index is 2.52. The van der Waals surface area contributed by atoms with Gasteiger partial charge in [0.25, 0.3) is 0 Å². The van der Waals surface area contributed by atoms with Crippen LogP contribution in [0, 0.1) is 11.8 Å². The van der Waals surface area contributed by atoms with E-state index in [4.69, 9.17) is 14.6 Å². The first-order valence-electron chi connectivity index (χ1n) is 7.57. The van der Waals surface area contributed by atoms with E-state index in [0.29, 0.717) is 19.4 Å². The summed E-state index contributed by atoms with van der Waals surface area (Å²) in [6, 6.07) is 0. The lowest BCUT2D eigenvalue weighted by Crippen LogP contribution is -2.36. The first kappa shape index (κ1) is 17.0. The van der Waals surface area contributed by atoms with Crippen LogP contribution in [-0.2, 0) is 19.1 Å². The predicted molar refractivity (Wildman–Crippen MR) is 74.0 cm³/mol. The summed E-state index contributed by atoms with van der Waals surface area (Å²) < 4.78 is 10.3. The first-order valence-corrected chi connectivity index (χ1v) is 7.57. The Kier molecular flexibility index (Phi) is 7.59. The van der Waals surface area contributed by atoms with Crippen molar-refractivity contribution in [1.82, 2.24) is 0 Å². The van der Waals surface area contributed by atoms with E-state index in [1.165, 1.54) is 0 Å². The van der Waals surface area contributed by atoms with E-state index in [1.807, 2.05) is 6.92 Å². The Morgan fingerprint density at radius 2 is 1.70 bits per heavy atom. The number of hydrogen-bond acceptors (Lipinski definition) is 5. The Morgan fingerprint density at radius 3 is 2.20 bits per heavy atom. The Bertz CT molecular complexity index is 313. The molecule has 0 spiro atoms. The van der Waals surface area contributed by atoms with Crippen molar-refractivity contribution < 1.29 is 24.2 Å². The fourth-order valence-corrected chi connectivity index (χ4v) is 2.43. The van der Waals surface area contributed by atoms with Crippen LogP contribution in [0.15, 0.2) is 0 Å². The van der Waals surface area contributed by atoms with Crippen LogP contribution in [0.25, 0.3) is 0 Å². The number of esters is 2. The van der Waals surface area contributed by atoms with Crippen molar-refractivity contribution in [2.45, 2.75) is 58.5 Å². The minimum Gasteiger partial charge on any atom is -0.465 e. The molecule has 116 valence electrons. The van der Waals surface area contributed by atoms with Gasteiger partial charge in [-0.1, -0.05) is 26.2 Å². The minimum absolute atomic E-state index is 0.0209. The molecule has 20 heavy (non-hydrogen) atoms. The Labute approximate surface area is 120 Å². The number of unbranched alkanes of at least 4 members (excludes halogenated alkanes) is 1. The van der Waals surface area contributed by atoms with Crippen molar-refractivity contribution in [3.05, 3.63) is 0 Å². The molecule has 3 unspecified atom stereocenters. The third-order valence-electron chi connectivity index (χ3n) is 3.58. The summed E-state index contributed by atoms with van der Waals surface area (Å²) in [4.78, 5) is 24.1. The zero-order valence-corrected chi connectivity index (χ0v) is 12.5. The van der Waals surface area contributed by atoms with Gasteiger partial charge < -0.3 is 14.6 Å². The molecule has 1 N–H and O–H groups in total. The highest BCUT2D eigenvalue weighted by Crippen LogP contribution is 2.32. The molecule has 3 atom stereocenters. The van der Waals surface area contributed by atoms with Crippen molar-refractivity contribution in [3.8, 4) is 0 Å². The molecular formula is C15H26O5. The van der Waals surface area contributed by atoms with Crippen LogP contribution in [0.5, 0.6) is 0 Å². The molecule has 0 amide bonds. The lowest BCUT2D eigenvalue weighted by Gasteiger charge is -2.28. The van der Waals surface area contributed by atoms with Gasteiger partial charge in [0.05, 0.1) is 24.5 Å². The zero-order valence-electron chi connectivity index (χ0n) is 12.5. The van der Waals surface area contributed by atoms with E-state index in [1.54, 1.807) is 6.92 Å². The molecule has 1 rings (SSSR count). The van der Waals surface area contributed by atoms with Crippen LogP contribution in [0.1, 0.15) is 52.4 Å². The molecule has 1 fully saturated rings. The number of rotatable bonds is 7. The lowest BCUT2D eigenvalue weighted by molar-refractivity contribution is -0.164. The van der Waals surface area contributed by atoms with E-state index in [0.717, 1.165) is 25.7 Å². The highest BCUT2D eigenvalue weighted by molar-refractivity contribution is 5.82. The third kappa shape index (κ3) is 5.49. The predicted octanol–water partition coefficient (Wildman–Crippen LogP) is 2.06. The molecule has 5 nitrogen and oxygen atoms in total. The van der Waals surface area contributed by atoms with Gasteiger partial charge in [-0.25, -0.2) is 0 Å². The van der Waals surface area contributed by atoms with Gasteiger partial charge in [-0.15, -0.1) is 0 Å². The molecule has 1 aliphatic rings. The average molecular weight is 286 g/mol. The first-order chi connectivity index (χ1) is 9.56. The largest absolute Gasteiger partial charge is 0.465 e. The van der Waals surface area contributed by atoms with E-state index in [2.05, 4.69) is 0 Å². The van der Waals surface area contributed by atoms with Crippen LogP contribution >= 0.6 is 0 Å². The molecule has 0 bridgehead atoms.